The number of benzene rings is 1. The van der Waals surface area contributed by atoms with Crippen LogP contribution in [0.3, 0.4) is 0 Å². The summed E-state index contributed by atoms with van der Waals surface area (Å²) in [6, 6.07) is 13.2. The van der Waals surface area contributed by atoms with Gasteiger partial charge in [0, 0.05) is 12.6 Å². The van der Waals surface area contributed by atoms with Gasteiger partial charge in [-0.15, -0.1) is 0 Å². The molecule has 2 aliphatic heterocycles. The van der Waals surface area contributed by atoms with E-state index in [2.05, 4.69) is 28.4 Å². The van der Waals surface area contributed by atoms with Crippen LogP contribution in [0.4, 0.5) is 0 Å². The number of nitriles is 1. The van der Waals surface area contributed by atoms with E-state index in [0.29, 0.717) is 12.2 Å². The zero-order chi connectivity index (χ0) is 12.4. The fourth-order valence-corrected chi connectivity index (χ4v) is 3.37. The summed E-state index contributed by atoms with van der Waals surface area (Å²) in [5, 5.41) is 13.1. The summed E-state index contributed by atoms with van der Waals surface area (Å²) in [4.78, 5) is 2.50. The van der Waals surface area contributed by atoms with Gasteiger partial charge in [-0.2, -0.15) is 5.26 Å². The summed E-state index contributed by atoms with van der Waals surface area (Å²) in [6.45, 7) is 2.17. The second kappa shape index (κ2) is 5.09. The molecule has 1 N–H and O–H groups in total. The molecule has 3 atom stereocenters. The van der Waals surface area contributed by atoms with Gasteiger partial charge in [-0.05, 0) is 31.4 Å². The first-order valence-corrected chi connectivity index (χ1v) is 6.84. The predicted molar refractivity (Wildman–Crippen MR) is 70.9 cm³/mol. The molecule has 2 aliphatic rings. The highest BCUT2D eigenvalue weighted by molar-refractivity contribution is 5.27. The molecular weight excluding hydrogens is 222 g/mol. The van der Waals surface area contributed by atoms with Crippen LogP contribution in [-0.2, 0) is 0 Å². The van der Waals surface area contributed by atoms with Gasteiger partial charge in [0.25, 0.3) is 0 Å². The summed E-state index contributed by atoms with van der Waals surface area (Å²) in [7, 11) is 0. The summed E-state index contributed by atoms with van der Waals surface area (Å²) in [6.07, 6.45) is 4.05. The van der Waals surface area contributed by atoms with Crippen LogP contribution in [0.5, 0.6) is 0 Å². The van der Waals surface area contributed by atoms with E-state index < -0.39 is 0 Å². The number of fused-ring (bicyclic) bond motifs is 1. The number of hydrogen-bond donors (Lipinski definition) is 1. The largest absolute Gasteiger partial charge is 0.302 e. The first kappa shape index (κ1) is 11.7. The smallest absolute Gasteiger partial charge is 0.0869 e. The van der Waals surface area contributed by atoms with E-state index in [1.807, 2.05) is 18.2 Å². The third-order valence-corrected chi connectivity index (χ3v) is 4.22. The van der Waals surface area contributed by atoms with E-state index in [9.17, 15) is 5.26 Å². The molecule has 18 heavy (non-hydrogen) atoms. The Labute approximate surface area is 108 Å². The van der Waals surface area contributed by atoms with Crippen molar-refractivity contribution in [3.63, 3.8) is 0 Å². The van der Waals surface area contributed by atoms with Crippen molar-refractivity contribution in [1.29, 1.82) is 5.26 Å². The van der Waals surface area contributed by atoms with Gasteiger partial charge < -0.3 is 5.32 Å². The maximum atomic E-state index is 9.55. The number of rotatable bonds is 2. The molecule has 0 spiro atoms. The molecule has 3 unspecified atom stereocenters. The molecule has 1 aromatic rings. The van der Waals surface area contributed by atoms with Crippen molar-refractivity contribution >= 4 is 0 Å². The lowest BCUT2D eigenvalue weighted by Crippen LogP contribution is -2.54. The van der Waals surface area contributed by atoms with Crippen molar-refractivity contribution < 1.29 is 0 Å². The van der Waals surface area contributed by atoms with Crippen molar-refractivity contribution in [2.24, 2.45) is 0 Å². The van der Waals surface area contributed by atoms with E-state index in [1.165, 1.54) is 12.8 Å². The Hall–Kier alpha value is -1.37. The molecular formula is C15H19N3. The van der Waals surface area contributed by atoms with E-state index in [1.54, 1.807) is 0 Å². The SMILES string of the molecule is N#CC(c1ccccc1)C1CCNC2CCCN21. The molecule has 1 aromatic carbocycles. The van der Waals surface area contributed by atoms with Gasteiger partial charge in [0.15, 0.2) is 0 Å². The molecule has 0 aromatic heterocycles. The van der Waals surface area contributed by atoms with Gasteiger partial charge in [0.1, 0.15) is 0 Å². The lowest BCUT2D eigenvalue weighted by molar-refractivity contribution is 0.101. The maximum absolute atomic E-state index is 9.55. The third kappa shape index (κ3) is 2.03. The van der Waals surface area contributed by atoms with E-state index in [4.69, 9.17) is 0 Å². The van der Waals surface area contributed by atoms with Gasteiger partial charge in [-0.25, -0.2) is 0 Å². The normalized spacial score (nSPS) is 29.5. The molecule has 2 fully saturated rings. The standard InChI is InChI=1S/C15H19N3/c16-11-13(12-5-2-1-3-6-12)14-8-9-17-15-7-4-10-18(14)15/h1-3,5-6,13-15,17H,4,7-10H2. The second-order valence-electron chi connectivity index (χ2n) is 5.22. The summed E-state index contributed by atoms with van der Waals surface area (Å²) < 4.78 is 0. The molecule has 0 bridgehead atoms. The monoisotopic (exact) mass is 241 g/mol. The number of nitrogens with zero attached hydrogens (tertiary/aromatic N) is 2. The van der Waals surface area contributed by atoms with Crippen molar-refractivity contribution in [1.82, 2.24) is 10.2 Å². The van der Waals surface area contributed by atoms with Gasteiger partial charge in [-0.1, -0.05) is 30.3 Å². The minimum absolute atomic E-state index is 0.00824. The number of nitrogens with one attached hydrogen (secondary N) is 1. The highest BCUT2D eigenvalue weighted by Gasteiger charge is 2.38. The molecule has 3 heteroatoms. The highest BCUT2D eigenvalue weighted by atomic mass is 15.3. The lowest BCUT2D eigenvalue weighted by Gasteiger charge is -2.40. The topological polar surface area (TPSA) is 39.1 Å². The Balaban J connectivity index is 1.85. The molecule has 2 heterocycles. The van der Waals surface area contributed by atoms with Crippen LogP contribution < -0.4 is 5.32 Å². The van der Waals surface area contributed by atoms with E-state index in [-0.39, 0.29) is 5.92 Å². The zero-order valence-electron chi connectivity index (χ0n) is 10.5. The molecule has 2 saturated heterocycles. The molecule has 0 aliphatic carbocycles. The van der Waals surface area contributed by atoms with Crippen LogP contribution in [0.2, 0.25) is 0 Å². The van der Waals surface area contributed by atoms with Crippen molar-refractivity contribution in [3.8, 4) is 6.07 Å². The Kier molecular flexibility index (Phi) is 3.31. The molecule has 3 nitrogen and oxygen atoms in total. The minimum atomic E-state index is 0.00824. The van der Waals surface area contributed by atoms with E-state index in [0.717, 1.165) is 25.1 Å². The van der Waals surface area contributed by atoms with Gasteiger partial charge in [0.05, 0.1) is 18.2 Å². The third-order valence-electron chi connectivity index (χ3n) is 4.22. The zero-order valence-corrected chi connectivity index (χ0v) is 10.5. The number of hydrogen-bond acceptors (Lipinski definition) is 3. The first-order valence-electron chi connectivity index (χ1n) is 6.84. The van der Waals surface area contributed by atoms with Gasteiger partial charge in [-0.3, -0.25) is 4.90 Å². The van der Waals surface area contributed by atoms with Crippen molar-refractivity contribution in [2.75, 3.05) is 13.1 Å². The van der Waals surface area contributed by atoms with Crippen LogP contribution in [0.15, 0.2) is 30.3 Å². The fourth-order valence-electron chi connectivity index (χ4n) is 3.37. The summed E-state index contributed by atoms with van der Waals surface area (Å²) in [5.41, 5.74) is 1.16. The Bertz CT molecular complexity index is 437. The average Bonchev–Trinajstić information content (AvgIpc) is 2.90. The molecule has 94 valence electrons. The van der Waals surface area contributed by atoms with Crippen LogP contribution in [0.1, 0.15) is 30.7 Å². The Morgan fingerprint density at radius 2 is 2.11 bits per heavy atom. The van der Waals surface area contributed by atoms with Crippen LogP contribution in [0.25, 0.3) is 0 Å². The molecule has 0 radical (unpaired) electrons. The van der Waals surface area contributed by atoms with Crippen molar-refractivity contribution in [2.45, 2.75) is 37.4 Å². The predicted octanol–water partition coefficient (Wildman–Crippen LogP) is 2.08. The highest BCUT2D eigenvalue weighted by Crippen LogP contribution is 2.32. The van der Waals surface area contributed by atoms with Crippen molar-refractivity contribution in [3.05, 3.63) is 35.9 Å². The molecule has 0 amide bonds. The maximum Gasteiger partial charge on any atom is 0.0869 e. The van der Waals surface area contributed by atoms with Gasteiger partial charge >= 0.3 is 0 Å². The molecule has 3 rings (SSSR count). The molecule has 0 saturated carbocycles. The second-order valence-corrected chi connectivity index (χ2v) is 5.22. The Morgan fingerprint density at radius 1 is 1.28 bits per heavy atom. The fraction of sp³-hybridized carbons (Fsp3) is 0.533. The van der Waals surface area contributed by atoms with Crippen LogP contribution in [-0.4, -0.2) is 30.2 Å². The minimum Gasteiger partial charge on any atom is -0.302 e. The lowest BCUT2D eigenvalue weighted by atomic mass is 9.88. The van der Waals surface area contributed by atoms with Crippen LogP contribution in [0, 0.1) is 11.3 Å². The summed E-state index contributed by atoms with van der Waals surface area (Å²) in [5.74, 6) is 0.00824. The quantitative estimate of drug-likeness (QED) is 0.861. The van der Waals surface area contributed by atoms with Crippen LogP contribution >= 0.6 is 0 Å². The van der Waals surface area contributed by atoms with Gasteiger partial charge in [0.2, 0.25) is 0 Å². The first-order chi connectivity index (χ1) is 8.90. The van der Waals surface area contributed by atoms with E-state index >= 15 is 0 Å². The average molecular weight is 241 g/mol. The Morgan fingerprint density at radius 3 is 2.89 bits per heavy atom. The summed E-state index contributed by atoms with van der Waals surface area (Å²) >= 11 is 0.